The Hall–Kier alpha value is -1.65. The van der Waals surface area contributed by atoms with Crippen molar-refractivity contribution in [1.82, 2.24) is 4.98 Å². The van der Waals surface area contributed by atoms with Crippen molar-refractivity contribution >= 4 is 11.5 Å². The molecule has 0 bridgehead atoms. The summed E-state index contributed by atoms with van der Waals surface area (Å²) >= 11 is 0. The molecule has 1 heterocycles. The van der Waals surface area contributed by atoms with Crippen molar-refractivity contribution in [3.05, 3.63) is 27.9 Å². The topological polar surface area (TPSA) is 68.1 Å². The second-order valence-corrected chi connectivity index (χ2v) is 5.46. The van der Waals surface area contributed by atoms with Crippen LogP contribution >= 0.6 is 0 Å². The molecule has 0 aliphatic heterocycles. The third-order valence-electron chi connectivity index (χ3n) is 3.84. The molecule has 2 fully saturated rings. The van der Waals surface area contributed by atoms with Crippen LogP contribution in [0.5, 0.6) is 0 Å². The number of nitrogens with one attached hydrogen (secondary N) is 1. The van der Waals surface area contributed by atoms with Gasteiger partial charge in [-0.15, -0.1) is 0 Å². The van der Waals surface area contributed by atoms with Gasteiger partial charge < -0.3 is 5.32 Å². The summed E-state index contributed by atoms with van der Waals surface area (Å²) in [5.74, 6) is 2.38. The maximum Gasteiger partial charge on any atom is 0.287 e. The number of nitro groups is 1. The van der Waals surface area contributed by atoms with Crippen LogP contribution in [0.25, 0.3) is 0 Å². The Bertz CT molecular complexity index is 469. The fourth-order valence-corrected chi connectivity index (χ4v) is 2.50. The van der Waals surface area contributed by atoms with Gasteiger partial charge in [0, 0.05) is 12.1 Å². The fourth-order valence-electron chi connectivity index (χ4n) is 2.50. The Morgan fingerprint density at radius 1 is 1.39 bits per heavy atom. The lowest BCUT2D eigenvalue weighted by Crippen LogP contribution is -2.25. The standard InChI is InChI=1S/C13H17N3O2/c1-8-6-11(16(17)18)7-14-13(8)15-12(9-2-3-9)10-4-5-10/h6-7,9-10,12H,2-5H2,1H3,(H,14,15). The molecule has 0 atom stereocenters. The Labute approximate surface area is 106 Å². The van der Waals surface area contributed by atoms with Crippen molar-refractivity contribution in [3.63, 3.8) is 0 Å². The molecular weight excluding hydrogens is 230 g/mol. The minimum absolute atomic E-state index is 0.0624. The number of pyridine rings is 1. The van der Waals surface area contributed by atoms with E-state index in [2.05, 4.69) is 10.3 Å². The Kier molecular flexibility index (Phi) is 2.69. The van der Waals surface area contributed by atoms with Crippen LogP contribution in [0.3, 0.4) is 0 Å². The average molecular weight is 247 g/mol. The quantitative estimate of drug-likeness (QED) is 0.641. The number of nitrogens with zero attached hydrogens (tertiary/aromatic N) is 2. The molecule has 2 aliphatic carbocycles. The molecule has 0 amide bonds. The van der Waals surface area contributed by atoms with Crippen molar-refractivity contribution in [2.45, 2.75) is 38.6 Å². The molecule has 5 heteroatoms. The van der Waals surface area contributed by atoms with E-state index >= 15 is 0 Å². The molecule has 18 heavy (non-hydrogen) atoms. The van der Waals surface area contributed by atoms with Gasteiger partial charge in [0.2, 0.25) is 0 Å². The molecule has 3 rings (SSSR count). The van der Waals surface area contributed by atoms with Gasteiger partial charge in [-0.1, -0.05) is 0 Å². The van der Waals surface area contributed by atoms with E-state index in [0.717, 1.165) is 23.2 Å². The molecule has 5 nitrogen and oxygen atoms in total. The lowest BCUT2D eigenvalue weighted by molar-refractivity contribution is -0.385. The normalized spacial score (nSPS) is 19.0. The zero-order chi connectivity index (χ0) is 12.7. The van der Waals surface area contributed by atoms with Crippen molar-refractivity contribution in [1.29, 1.82) is 0 Å². The number of aryl methyl sites for hydroxylation is 1. The van der Waals surface area contributed by atoms with Gasteiger partial charge in [0.15, 0.2) is 0 Å². The molecule has 0 radical (unpaired) electrons. The summed E-state index contributed by atoms with van der Waals surface area (Å²) in [6, 6.07) is 2.12. The molecule has 1 aromatic rings. The maximum absolute atomic E-state index is 10.7. The maximum atomic E-state index is 10.7. The van der Waals surface area contributed by atoms with Crippen LogP contribution in [0.2, 0.25) is 0 Å². The van der Waals surface area contributed by atoms with Gasteiger partial charge in [0.25, 0.3) is 5.69 Å². The number of aromatic nitrogens is 1. The van der Waals surface area contributed by atoms with Gasteiger partial charge in [-0.2, -0.15) is 0 Å². The summed E-state index contributed by atoms with van der Waals surface area (Å²) in [5.41, 5.74) is 0.919. The van der Waals surface area contributed by atoms with E-state index in [1.54, 1.807) is 6.07 Å². The Morgan fingerprint density at radius 3 is 2.44 bits per heavy atom. The molecular formula is C13H17N3O2. The van der Waals surface area contributed by atoms with Crippen molar-refractivity contribution in [3.8, 4) is 0 Å². The van der Waals surface area contributed by atoms with E-state index in [4.69, 9.17) is 0 Å². The van der Waals surface area contributed by atoms with E-state index in [1.807, 2.05) is 6.92 Å². The second-order valence-electron chi connectivity index (χ2n) is 5.46. The van der Waals surface area contributed by atoms with E-state index in [-0.39, 0.29) is 5.69 Å². The van der Waals surface area contributed by atoms with Crippen molar-refractivity contribution in [2.75, 3.05) is 5.32 Å². The summed E-state index contributed by atoms with van der Waals surface area (Å²) in [6.45, 7) is 1.87. The summed E-state index contributed by atoms with van der Waals surface area (Å²) in [7, 11) is 0. The third kappa shape index (κ3) is 2.30. The second kappa shape index (κ2) is 4.23. The average Bonchev–Trinajstić information content (AvgIpc) is 3.19. The van der Waals surface area contributed by atoms with Gasteiger partial charge in [-0.25, -0.2) is 4.98 Å². The van der Waals surface area contributed by atoms with Gasteiger partial charge >= 0.3 is 0 Å². The fraction of sp³-hybridized carbons (Fsp3) is 0.615. The van der Waals surface area contributed by atoms with Crippen molar-refractivity contribution < 1.29 is 4.92 Å². The highest BCUT2D eigenvalue weighted by Gasteiger charge is 2.41. The summed E-state index contributed by atoms with van der Waals surface area (Å²) < 4.78 is 0. The molecule has 0 aromatic carbocycles. The van der Waals surface area contributed by atoms with Crippen LogP contribution in [0.1, 0.15) is 31.2 Å². The predicted octanol–water partition coefficient (Wildman–Crippen LogP) is 2.90. The Balaban J connectivity index is 1.77. The first-order chi connectivity index (χ1) is 8.65. The van der Waals surface area contributed by atoms with E-state index in [9.17, 15) is 10.1 Å². The van der Waals surface area contributed by atoms with Crippen LogP contribution in [0.15, 0.2) is 12.3 Å². The van der Waals surface area contributed by atoms with Crippen LogP contribution in [-0.2, 0) is 0 Å². The number of rotatable bonds is 5. The first-order valence-electron chi connectivity index (χ1n) is 6.52. The number of hydrogen-bond donors (Lipinski definition) is 1. The monoisotopic (exact) mass is 247 g/mol. The zero-order valence-corrected chi connectivity index (χ0v) is 10.4. The molecule has 96 valence electrons. The van der Waals surface area contributed by atoms with Gasteiger partial charge in [-0.05, 0) is 50.0 Å². The smallest absolute Gasteiger partial charge is 0.287 e. The lowest BCUT2D eigenvalue weighted by Gasteiger charge is -2.19. The Morgan fingerprint density at radius 2 is 2.00 bits per heavy atom. The lowest BCUT2D eigenvalue weighted by atomic mass is 10.1. The number of anilines is 1. The largest absolute Gasteiger partial charge is 0.367 e. The molecule has 0 spiro atoms. The summed E-state index contributed by atoms with van der Waals surface area (Å²) in [6.07, 6.45) is 6.56. The van der Waals surface area contributed by atoms with E-state index in [0.29, 0.717) is 6.04 Å². The molecule has 1 aromatic heterocycles. The first kappa shape index (κ1) is 11.4. The highest BCUT2D eigenvalue weighted by Crippen LogP contribution is 2.45. The third-order valence-corrected chi connectivity index (χ3v) is 3.84. The summed E-state index contributed by atoms with van der Waals surface area (Å²) in [4.78, 5) is 14.5. The molecule has 0 saturated heterocycles. The molecule has 2 saturated carbocycles. The van der Waals surface area contributed by atoms with E-state index < -0.39 is 4.92 Å². The van der Waals surface area contributed by atoms with Gasteiger partial charge in [-0.3, -0.25) is 10.1 Å². The van der Waals surface area contributed by atoms with Crippen LogP contribution in [-0.4, -0.2) is 15.9 Å². The SMILES string of the molecule is Cc1cc([N+](=O)[O-])cnc1NC(C1CC1)C1CC1. The minimum atomic E-state index is -0.400. The number of hydrogen-bond acceptors (Lipinski definition) is 4. The molecule has 2 aliphatic rings. The highest BCUT2D eigenvalue weighted by atomic mass is 16.6. The van der Waals surface area contributed by atoms with Gasteiger partial charge in [0.1, 0.15) is 12.0 Å². The first-order valence-corrected chi connectivity index (χ1v) is 6.52. The van der Waals surface area contributed by atoms with Crippen LogP contribution < -0.4 is 5.32 Å². The zero-order valence-electron chi connectivity index (χ0n) is 10.4. The van der Waals surface area contributed by atoms with Gasteiger partial charge in [0.05, 0.1) is 4.92 Å². The van der Waals surface area contributed by atoms with Crippen molar-refractivity contribution in [2.24, 2.45) is 11.8 Å². The van der Waals surface area contributed by atoms with Crippen LogP contribution in [0, 0.1) is 28.9 Å². The van der Waals surface area contributed by atoms with Crippen LogP contribution in [0.4, 0.5) is 11.5 Å². The predicted molar refractivity (Wildman–Crippen MR) is 68.5 cm³/mol. The van der Waals surface area contributed by atoms with E-state index in [1.165, 1.54) is 31.9 Å². The molecule has 1 N–H and O–H groups in total. The highest BCUT2D eigenvalue weighted by molar-refractivity contribution is 5.49. The summed E-state index contributed by atoms with van der Waals surface area (Å²) in [5, 5.41) is 14.2. The molecule has 0 unspecified atom stereocenters. The minimum Gasteiger partial charge on any atom is -0.367 e.